The van der Waals surface area contributed by atoms with Crippen molar-refractivity contribution < 1.29 is 9.53 Å². The fourth-order valence-corrected chi connectivity index (χ4v) is 3.12. The maximum Gasteiger partial charge on any atom is 0.274 e. The third-order valence-corrected chi connectivity index (χ3v) is 4.54. The first kappa shape index (κ1) is 19.0. The van der Waals surface area contributed by atoms with Gasteiger partial charge in [-0.15, -0.1) is 0 Å². The van der Waals surface area contributed by atoms with Crippen LogP contribution >= 0.6 is 0 Å². The molecule has 1 saturated heterocycles. The molecule has 8 heteroatoms. The van der Waals surface area contributed by atoms with E-state index < -0.39 is 0 Å². The van der Waals surface area contributed by atoms with Gasteiger partial charge in [0, 0.05) is 31.0 Å². The lowest BCUT2D eigenvalue weighted by Crippen LogP contribution is -2.45. The molecule has 140 valence electrons. The zero-order valence-electron chi connectivity index (χ0n) is 15.2. The highest BCUT2D eigenvalue weighted by Crippen LogP contribution is 2.25. The van der Waals surface area contributed by atoms with Gasteiger partial charge in [-0.05, 0) is 30.7 Å². The van der Waals surface area contributed by atoms with Gasteiger partial charge in [-0.1, -0.05) is 6.08 Å². The molecule has 2 aliphatic rings. The third-order valence-electron chi connectivity index (χ3n) is 4.54. The first-order valence-electron chi connectivity index (χ1n) is 8.84. The van der Waals surface area contributed by atoms with Gasteiger partial charge in [0.2, 0.25) is 0 Å². The van der Waals surface area contributed by atoms with Crippen LogP contribution in [0, 0.1) is 34.0 Å². The summed E-state index contributed by atoms with van der Waals surface area (Å²) in [6.45, 7) is 3.24. The number of nitrogens with zero attached hydrogens (tertiary/aromatic N) is 5. The Hall–Kier alpha value is -3.80. The first-order chi connectivity index (χ1) is 13.7. The molecule has 1 amide bonds. The summed E-state index contributed by atoms with van der Waals surface area (Å²) in [7, 11) is 0. The Morgan fingerprint density at radius 1 is 1.00 bits per heavy atom. The second-order valence-corrected chi connectivity index (χ2v) is 6.19. The molecule has 0 saturated carbocycles. The molecular formula is C20H18N6O2. The van der Waals surface area contributed by atoms with Crippen LogP contribution in [0.5, 0.6) is 0 Å². The van der Waals surface area contributed by atoms with E-state index in [2.05, 4.69) is 10.2 Å². The van der Waals surface area contributed by atoms with Crippen molar-refractivity contribution in [2.45, 2.75) is 6.42 Å². The number of nitriles is 3. The molecule has 0 bridgehead atoms. The summed E-state index contributed by atoms with van der Waals surface area (Å²) >= 11 is 0. The molecule has 1 aromatic rings. The number of carbonyl (C=O) groups excluding carboxylic acids is 1. The van der Waals surface area contributed by atoms with E-state index >= 15 is 0 Å². The number of hydrogen-bond donors (Lipinski definition) is 1. The van der Waals surface area contributed by atoms with E-state index in [-0.39, 0.29) is 17.2 Å². The smallest absolute Gasteiger partial charge is 0.274 e. The molecule has 0 atom stereocenters. The summed E-state index contributed by atoms with van der Waals surface area (Å²) < 4.78 is 5.36. The van der Waals surface area contributed by atoms with Gasteiger partial charge in [-0.3, -0.25) is 4.79 Å². The predicted molar refractivity (Wildman–Crippen MR) is 101 cm³/mol. The topological polar surface area (TPSA) is 116 Å². The number of morpholine rings is 1. The molecule has 2 heterocycles. The highest BCUT2D eigenvalue weighted by atomic mass is 16.5. The third kappa shape index (κ3) is 3.96. The van der Waals surface area contributed by atoms with E-state index in [1.807, 2.05) is 12.1 Å². The molecule has 3 rings (SSSR count). The van der Waals surface area contributed by atoms with Crippen molar-refractivity contribution in [3.8, 4) is 18.2 Å². The van der Waals surface area contributed by atoms with Crippen molar-refractivity contribution in [2.75, 3.05) is 43.1 Å². The van der Waals surface area contributed by atoms with E-state index in [4.69, 9.17) is 20.5 Å². The van der Waals surface area contributed by atoms with E-state index in [1.165, 1.54) is 0 Å². The molecule has 0 aliphatic carbocycles. The fraction of sp³-hybridized carbons (Fsp3) is 0.300. The number of amides is 1. The van der Waals surface area contributed by atoms with Crippen molar-refractivity contribution in [1.82, 2.24) is 4.90 Å². The van der Waals surface area contributed by atoms with Crippen LogP contribution in [0.1, 0.15) is 6.42 Å². The summed E-state index contributed by atoms with van der Waals surface area (Å²) in [6, 6.07) is 12.2. The number of anilines is 2. The van der Waals surface area contributed by atoms with Crippen molar-refractivity contribution in [3.05, 3.63) is 47.3 Å². The average molecular weight is 374 g/mol. The Kier molecular flexibility index (Phi) is 5.91. The van der Waals surface area contributed by atoms with Crippen molar-refractivity contribution >= 4 is 17.3 Å². The molecule has 0 aromatic heterocycles. The van der Waals surface area contributed by atoms with Crippen molar-refractivity contribution in [3.63, 3.8) is 0 Å². The lowest BCUT2D eigenvalue weighted by Gasteiger charge is -2.35. The lowest BCUT2D eigenvalue weighted by molar-refractivity contribution is -0.117. The molecule has 0 spiro atoms. The zero-order chi connectivity index (χ0) is 19.9. The number of benzene rings is 1. The maximum atomic E-state index is 12.9. The van der Waals surface area contributed by atoms with Crippen LogP contribution in [-0.4, -0.2) is 43.7 Å². The molecule has 1 N–H and O–H groups in total. The maximum absolute atomic E-state index is 12.9. The Labute approximate surface area is 163 Å². The molecule has 0 unspecified atom stereocenters. The summed E-state index contributed by atoms with van der Waals surface area (Å²) in [4.78, 5) is 16.7. The summed E-state index contributed by atoms with van der Waals surface area (Å²) in [5.41, 5.74) is 1.62. The standard InChI is InChI=1S/C20H18N6O2/c21-12-15(13-22)18(14-23)24-16-3-5-17(6-4-16)26-7-1-2-19(20(26)27)25-8-10-28-11-9-25/h2-6,24H,1,7-11H2. The number of hydrogen-bond acceptors (Lipinski definition) is 7. The van der Waals surface area contributed by atoms with Gasteiger partial charge < -0.3 is 19.9 Å². The van der Waals surface area contributed by atoms with Gasteiger partial charge in [0.1, 0.15) is 23.9 Å². The molecule has 1 aromatic carbocycles. The normalized spacial score (nSPS) is 16.3. The molecule has 1 fully saturated rings. The Morgan fingerprint density at radius 3 is 2.29 bits per heavy atom. The number of ether oxygens (including phenoxy) is 1. The van der Waals surface area contributed by atoms with E-state index in [9.17, 15) is 4.79 Å². The van der Waals surface area contributed by atoms with Crippen LogP contribution in [0.4, 0.5) is 11.4 Å². The number of nitrogens with one attached hydrogen (secondary N) is 1. The zero-order valence-corrected chi connectivity index (χ0v) is 15.2. The van der Waals surface area contributed by atoms with Crippen LogP contribution in [0.2, 0.25) is 0 Å². The second kappa shape index (κ2) is 8.73. The first-order valence-corrected chi connectivity index (χ1v) is 8.84. The summed E-state index contributed by atoms with van der Waals surface area (Å²) in [6.07, 6.45) is 2.75. The van der Waals surface area contributed by atoms with Crippen LogP contribution in [0.15, 0.2) is 47.3 Å². The molecular weight excluding hydrogens is 356 g/mol. The Bertz CT molecular complexity index is 921. The SMILES string of the molecule is N#CC(C#N)=C(C#N)Nc1ccc(N2CCC=C(N3CCOCC3)C2=O)cc1. The van der Waals surface area contributed by atoms with E-state index in [0.717, 1.165) is 12.1 Å². The average Bonchev–Trinajstić information content (AvgIpc) is 2.75. The fourth-order valence-electron chi connectivity index (χ4n) is 3.12. The summed E-state index contributed by atoms with van der Waals surface area (Å²) in [5.74, 6) is -0.0392. The van der Waals surface area contributed by atoms with Crippen molar-refractivity contribution in [1.29, 1.82) is 15.8 Å². The number of allylic oxidation sites excluding steroid dienone is 2. The van der Waals surface area contributed by atoms with E-state index in [1.54, 1.807) is 41.3 Å². The molecule has 28 heavy (non-hydrogen) atoms. The molecule has 8 nitrogen and oxygen atoms in total. The second-order valence-electron chi connectivity index (χ2n) is 6.19. The minimum atomic E-state index is -0.280. The minimum absolute atomic E-state index is 0.0392. The predicted octanol–water partition coefficient (Wildman–Crippen LogP) is 1.88. The van der Waals surface area contributed by atoms with Gasteiger partial charge >= 0.3 is 0 Å². The lowest BCUT2D eigenvalue weighted by atomic mass is 10.1. The van der Waals surface area contributed by atoms with Gasteiger partial charge in [-0.2, -0.15) is 15.8 Å². The van der Waals surface area contributed by atoms with Gasteiger partial charge in [0.25, 0.3) is 5.91 Å². The minimum Gasteiger partial charge on any atom is -0.378 e. The molecule has 0 radical (unpaired) electrons. The van der Waals surface area contributed by atoms with Crippen molar-refractivity contribution in [2.24, 2.45) is 0 Å². The van der Waals surface area contributed by atoms with Crippen LogP contribution < -0.4 is 10.2 Å². The Morgan fingerprint density at radius 2 is 1.68 bits per heavy atom. The van der Waals surface area contributed by atoms with Crippen LogP contribution in [-0.2, 0) is 9.53 Å². The van der Waals surface area contributed by atoms with Gasteiger partial charge in [-0.25, -0.2) is 0 Å². The molecule has 2 aliphatic heterocycles. The monoisotopic (exact) mass is 374 g/mol. The van der Waals surface area contributed by atoms with E-state index in [0.29, 0.717) is 44.2 Å². The number of carbonyl (C=O) groups is 1. The van der Waals surface area contributed by atoms with Crippen LogP contribution in [0.3, 0.4) is 0 Å². The number of rotatable bonds is 4. The van der Waals surface area contributed by atoms with Crippen LogP contribution in [0.25, 0.3) is 0 Å². The quantitative estimate of drug-likeness (QED) is 0.800. The van der Waals surface area contributed by atoms with Gasteiger partial charge in [0.15, 0.2) is 5.57 Å². The highest BCUT2D eigenvalue weighted by molar-refractivity contribution is 6.06. The highest BCUT2D eigenvalue weighted by Gasteiger charge is 2.28. The Balaban J connectivity index is 1.75. The summed E-state index contributed by atoms with van der Waals surface area (Å²) in [5, 5.41) is 29.7. The van der Waals surface area contributed by atoms with Gasteiger partial charge in [0.05, 0.1) is 18.9 Å². The largest absolute Gasteiger partial charge is 0.378 e.